The van der Waals surface area contributed by atoms with Crippen molar-refractivity contribution in [2.45, 2.75) is 71.1 Å². The minimum absolute atomic E-state index is 0.101. The summed E-state index contributed by atoms with van der Waals surface area (Å²) in [5.74, 6) is 0.614. The maximum atomic E-state index is 10.3. The molecule has 0 saturated heterocycles. The molecule has 2 heteroatoms. The SMILES string of the molecule is CC(C)C(C)NC1(C)CCCC1(C)O. The van der Waals surface area contributed by atoms with Crippen LogP contribution < -0.4 is 5.32 Å². The lowest BCUT2D eigenvalue weighted by Crippen LogP contribution is -2.59. The molecule has 1 aliphatic rings. The first-order chi connectivity index (χ1) is 6.28. The van der Waals surface area contributed by atoms with Gasteiger partial charge in [-0.25, -0.2) is 0 Å². The smallest absolute Gasteiger partial charge is 0.0797 e. The van der Waals surface area contributed by atoms with E-state index in [9.17, 15) is 5.11 Å². The van der Waals surface area contributed by atoms with Gasteiger partial charge in [0.25, 0.3) is 0 Å². The van der Waals surface area contributed by atoms with E-state index in [-0.39, 0.29) is 5.54 Å². The lowest BCUT2D eigenvalue weighted by molar-refractivity contribution is -0.0131. The van der Waals surface area contributed by atoms with Gasteiger partial charge in [-0.05, 0) is 46.0 Å². The van der Waals surface area contributed by atoms with Crippen molar-refractivity contribution in [1.82, 2.24) is 5.32 Å². The van der Waals surface area contributed by atoms with Crippen molar-refractivity contribution in [3.63, 3.8) is 0 Å². The Hall–Kier alpha value is -0.0800. The van der Waals surface area contributed by atoms with E-state index < -0.39 is 5.60 Å². The number of hydrogen-bond donors (Lipinski definition) is 2. The molecule has 1 aliphatic carbocycles. The predicted octanol–water partition coefficient (Wildman–Crippen LogP) is 2.31. The maximum absolute atomic E-state index is 10.3. The topological polar surface area (TPSA) is 32.3 Å². The molecule has 0 aromatic carbocycles. The van der Waals surface area contributed by atoms with Gasteiger partial charge in [0, 0.05) is 11.6 Å². The zero-order valence-electron chi connectivity index (χ0n) is 10.2. The Balaban J connectivity index is 2.66. The van der Waals surface area contributed by atoms with Gasteiger partial charge < -0.3 is 10.4 Å². The van der Waals surface area contributed by atoms with Crippen LogP contribution in [0.15, 0.2) is 0 Å². The second-order valence-corrected chi connectivity index (χ2v) is 5.64. The highest BCUT2D eigenvalue weighted by molar-refractivity contribution is 5.05. The van der Waals surface area contributed by atoms with Gasteiger partial charge in [0.05, 0.1) is 5.60 Å². The molecule has 1 rings (SSSR count). The van der Waals surface area contributed by atoms with Crippen LogP contribution in [0.25, 0.3) is 0 Å². The van der Waals surface area contributed by atoms with Gasteiger partial charge in [-0.3, -0.25) is 0 Å². The van der Waals surface area contributed by atoms with Crippen molar-refractivity contribution in [1.29, 1.82) is 0 Å². The average Bonchev–Trinajstić information content (AvgIpc) is 2.26. The monoisotopic (exact) mass is 199 g/mol. The maximum Gasteiger partial charge on any atom is 0.0797 e. The van der Waals surface area contributed by atoms with E-state index in [0.29, 0.717) is 12.0 Å². The summed E-state index contributed by atoms with van der Waals surface area (Å²) in [6.07, 6.45) is 3.12. The molecule has 2 nitrogen and oxygen atoms in total. The molecule has 0 bridgehead atoms. The summed E-state index contributed by atoms with van der Waals surface area (Å²) in [7, 11) is 0. The number of rotatable bonds is 3. The fraction of sp³-hybridized carbons (Fsp3) is 1.00. The highest BCUT2D eigenvalue weighted by Crippen LogP contribution is 2.39. The normalized spacial score (nSPS) is 40.5. The molecule has 1 fully saturated rings. The van der Waals surface area contributed by atoms with Crippen LogP contribution in [0.3, 0.4) is 0 Å². The van der Waals surface area contributed by atoms with Crippen LogP contribution in [0.4, 0.5) is 0 Å². The Morgan fingerprint density at radius 2 is 1.71 bits per heavy atom. The molecular formula is C12H25NO. The zero-order valence-corrected chi connectivity index (χ0v) is 10.2. The van der Waals surface area contributed by atoms with Gasteiger partial charge in [0.2, 0.25) is 0 Å². The van der Waals surface area contributed by atoms with Crippen LogP contribution in [0.2, 0.25) is 0 Å². The van der Waals surface area contributed by atoms with Gasteiger partial charge >= 0.3 is 0 Å². The fourth-order valence-corrected chi connectivity index (χ4v) is 2.23. The Morgan fingerprint density at radius 3 is 2.07 bits per heavy atom. The molecule has 3 unspecified atom stereocenters. The Morgan fingerprint density at radius 1 is 1.14 bits per heavy atom. The van der Waals surface area contributed by atoms with Gasteiger partial charge in [0.15, 0.2) is 0 Å². The minimum Gasteiger partial charge on any atom is -0.388 e. The first-order valence-corrected chi connectivity index (χ1v) is 5.78. The summed E-state index contributed by atoms with van der Waals surface area (Å²) < 4.78 is 0. The van der Waals surface area contributed by atoms with Gasteiger partial charge in [-0.2, -0.15) is 0 Å². The largest absolute Gasteiger partial charge is 0.388 e. The molecule has 84 valence electrons. The second kappa shape index (κ2) is 3.82. The zero-order chi connectivity index (χ0) is 11.0. The van der Waals surface area contributed by atoms with Crippen molar-refractivity contribution < 1.29 is 5.11 Å². The molecule has 1 saturated carbocycles. The van der Waals surface area contributed by atoms with Crippen LogP contribution >= 0.6 is 0 Å². The van der Waals surface area contributed by atoms with Gasteiger partial charge in [0.1, 0.15) is 0 Å². The van der Waals surface area contributed by atoms with E-state index in [1.54, 1.807) is 0 Å². The van der Waals surface area contributed by atoms with Crippen LogP contribution in [0, 0.1) is 5.92 Å². The molecule has 0 heterocycles. The van der Waals surface area contributed by atoms with Crippen molar-refractivity contribution in [3.8, 4) is 0 Å². The summed E-state index contributed by atoms with van der Waals surface area (Å²) in [5.41, 5.74) is -0.646. The Labute approximate surface area is 88.1 Å². The third kappa shape index (κ3) is 2.12. The van der Waals surface area contributed by atoms with Gasteiger partial charge in [-0.1, -0.05) is 13.8 Å². The number of hydrogen-bond acceptors (Lipinski definition) is 2. The standard InChI is InChI=1S/C12H25NO/c1-9(2)10(3)13-11(4)7-6-8-12(11,5)14/h9-10,13-14H,6-8H2,1-5H3. The molecule has 0 aliphatic heterocycles. The molecule has 0 radical (unpaired) electrons. The number of nitrogens with one attached hydrogen (secondary N) is 1. The van der Waals surface area contributed by atoms with E-state index >= 15 is 0 Å². The van der Waals surface area contributed by atoms with Crippen molar-refractivity contribution in [3.05, 3.63) is 0 Å². The predicted molar refractivity (Wildman–Crippen MR) is 60.3 cm³/mol. The van der Waals surface area contributed by atoms with E-state index in [0.717, 1.165) is 19.3 Å². The Kier molecular flexibility index (Phi) is 3.27. The molecule has 3 atom stereocenters. The summed E-state index contributed by atoms with van der Waals surface area (Å²) in [4.78, 5) is 0. The van der Waals surface area contributed by atoms with Crippen molar-refractivity contribution in [2.24, 2.45) is 5.92 Å². The van der Waals surface area contributed by atoms with Crippen LogP contribution in [-0.4, -0.2) is 22.3 Å². The van der Waals surface area contributed by atoms with Crippen molar-refractivity contribution >= 4 is 0 Å². The molecule has 0 aromatic rings. The molecule has 14 heavy (non-hydrogen) atoms. The van der Waals surface area contributed by atoms with Crippen molar-refractivity contribution in [2.75, 3.05) is 0 Å². The lowest BCUT2D eigenvalue weighted by Gasteiger charge is -2.41. The summed E-state index contributed by atoms with van der Waals surface area (Å²) in [6.45, 7) is 10.7. The van der Waals surface area contributed by atoms with E-state index in [2.05, 4.69) is 33.0 Å². The quantitative estimate of drug-likeness (QED) is 0.731. The third-order valence-electron chi connectivity index (χ3n) is 4.08. The van der Waals surface area contributed by atoms with Crippen LogP contribution in [0.1, 0.15) is 53.9 Å². The van der Waals surface area contributed by atoms with E-state index in [4.69, 9.17) is 0 Å². The molecule has 0 amide bonds. The highest BCUT2D eigenvalue weighted by Gasteiger charge is 2.47. The summed E-state index contributed by atoms with van der Waals surface area (Å²) in [6, 6.07) is 0.463. The highest BCUT2D eigenvalue weighted by atomic mass is 16.3. The Bertz CT molecular complexity index is 200. The first kappa shape index (κ1) is 12.0. The second-order valence-electron chi connectivity index (χ2n) is 5.64. The summed E-state index contributed by atoms with van der Waals surface area (Å²) in [5, 5.41) is 13.9. The minimum atomic E-state index is -0.545. The fourth-order valence-electron chi connectivity index (χ4n) is 2.23. The molecule has 0 spiro atoms. The molecular weight excluding hydrogens is 174 g/mol. The van der Waals surface area contributed by atoms with Crippen LogP contribution in [-0.2, 0) is 0 Å². The molecule has 2 N–H and O–H groups in total. The van der Waals surface area contributed by atoms with E-state index in [1.165, 1.54) is 0 Å². The number of aliphatic hydroxyl groups is 1. The first-order valence-electron chi connectivity index (χ1n) is 5.78. The van der Waals surface area contributed by atoms with Crippen LogP contribution in [0.5, 0.6) is 0 Å². The molecule has 0 aromatic heterocycles. The summed E-state index contributed by atoms with van der Waals surface area (Å²) >= 11 is 0. The third-order valence-corrected chi connectivity index (χ3v) is 4.08. The van der Waals surface area contributed by atoms with E-state index in [1.807, 2.05) is 6.92 Å². The average molecular weight is 199 g/mol. The van der Waals surface area contributed by atoms with Gasteiger partial charge in [-0.15, -0.1) is 0 Å². The lowest BCUT2D eigenvalue weighted by atomic mass is 9.84.